The van der Waals surface area contributed by atoms with Gasteiger partial charge in [0.1, 0.15) is 11.6 Å². The molecular weight excluding hydrogens is 317 g/mol. The lowest BCUT2D eigenvalue weighted by atomic mass is 10.2. The maximum Gasteiger partial charge on any atom is 0.123 e. The number of hydrogen-bond donors (Lipinski definition) is 1. The zero-order valence-electron chi connectivity index (χ0n) is 14.7. The molecule has 0 aliphatic carbocycles. The van der Waals surface area contributed by atoms with Gasteiger partial charge in [-0.3, -0.25) is 4.90 Å². The summed E-state index contributed by atoms with van der Waals surface area (Å²) in [4.78, 5) is 10.0. The summed E-state index contributed by atoms with van der Waals surface area (Å²) in [6.45, 7) is 3.77. The summed E-state index contributed by atoms with van der Waals surface area (Å²) in [5.74, 6) is 0.822. The largest absolute Gasteiger partial charge is 0.345 e. The molecule has 0 saturated carbocycles. The van der Waals surface area contributed by atoms with Gasteiger partial charge in [-0.05, 0) is 37.7 Å². The molecular formula is C19H24FN5. The molecule has 0 spiro atoms. The van der Waals surface area contributed by atoms with E-state index in [1.807, 2.05) is 18.6 Å². The van der Waals surface area contributed by atoms with Crippen LogP contribution in [0.4, 0.5) is 4.39 Å². The van der Waals surface area contributed by atoms with Crippen molar-refractivity contribution in [3.8, 4) is 5.69 Å². The first-order valence-electron chi connectivity index (χ1n) is 8.65. The van der Waals surface area contributed by atoms with Crippen molar-refractivity contribution in [2.24, 2.45) is 0 Å². The molecule has 0 saturated heterocycles. The highest BCUT2D eigenvalue weighted by Crippen LogP contribution is 2.12. The van der Waals surface area contributed by atoms with E-state index in [0.29, 0.717) is 0 Å². The minimum Gasteiger partial charge on any atom is -0.345 e. The molecule has 0 atom stereocenters. The van der Waals surface area contributed by atoms with Crippen molar-refractivity contribution in [2.75, 3.05) is 7.05 Å². The first-order valence-corrected chi connectivity index (χ1v) is 8.65. The van der Waals surface area contributed by atoms with Gasteiger partial charge < -0.3 is 4.98 Å². The van der Waals surface area contributed by atoms with Crippen LogP contribution in [0.5, 0.6) is 0 Å². The van der Waals surface area contributed by atoms with Gasteiger partial charge in [0.25, 0.3) is 0 Å². The van der Waals surface area contributed by atoms with Crippen LogP contribution >= 0.6 is 0 Å². The standard InChI is InChI=1S/C19H24FN5/c1-3-4-5-19-21-11-17(23-19)14-24(2)12-15-10-22-25(13-15)18-8-6-16(20)7-9-18/h6-11,13H,3-5,12,14H2,1-2H3,(H,21,23). The van der Waals surface area contributed by atoms with Crippen LogP contribution in [0, 0.1) is 5.82 Å². The number of hydrogen-bond acceptors (Lipinski definition) is 3. The van der Waals surface area contributed by atoms with Crippen molar-refractivity contribution in [3.63, 3.8) is 0 Å². The maximum atomic E-state index is 13.0. The van der Waals surface area contributed by atoms with Gasteiger partial charge in [-0.25, -0.2) is 14.1 Å². The van der Waals surface area contributed by atoms with E-state index < -0.39 is 0 Å². The fourth-order valence-electron chi connectivity index (χ4n) is 2.79. The van der Waals surface area contributed by atoms with Crippen LogP contribution in [0.1, 0.15) is 36.8 Å². The summed E-state index contributed by atoms with van der Waals surface area (Å²) in [6, 6.07) is 6.32. The second-order valence-corrected chi connectivity index (χ2v) is 6.40. The Morgan fingerprint density at radius 2 is 1.96 bits per heavy atom. The minimum atomic E-state index is -0.242. The number of nitrogens with one attached hydrogen (secondary N) is 1. The van der Waals surface area contributed by atoms with E-state index in [1.165, 1.54) is 18.6 Å². The summed E-state index contributed by atoms with van der Waals surface area (Å²) >= 11 is 0. The Kier molecular flexibility index (Phi) is 5.60. The number of aryl methyl sites for hydroxylation is 1. The van der Waals surface area contributed by atoms with Gasteiger partial charge in [0.05, 0.1) is 11.9 Å². The van der Waals surface area contributed by atoms with Crippen molar-refractivity contribution in [1.82, 2.24) is 24.6 Å². The first kappa shape index (κ1) is 17.4. The third-order valence-corrected chi connectivity index (χ3v) is 4.07. The van der Waals surface area contributed by atoms with Crippen LogP contribution < -0.4 is 0 Å². The van der Waals surface area contributed by atoms with E-state index in [2.05, 4.69) is 33.9 Å². The van der Waals surface area contributed by atoms with Crippen LogP contribution in [0.2, 0.25) is 0 Å². The van der Waals surface area contributed by atoms with Crippen LogP contribution in [0.3, 0.4) is 0 Å². The number of rotatable bonds is 8. The van der Waals surface area contributed by atoms with Crippen LogP contribution in [-0.4, -0.2) is 31.7 Å². The molecule has 0 aliphatic rings. The number of H-pyrrole nitrogens is 1. The fourth-order valence-corrected chi connectivity index (χ4v) is 2.79. The predicted octanol–water partition coefficient (Wildman–Crippen LogP) is 3.71. The Hall–Kier alpha value is -2.47. The maximum absolute atomic E-state index is 13.0. The number of imidazole rings is 1. The highest BCUT2D eigenvalue weighted by atomic mass is 19.1. The summed E-state index contributed by atoms with van der Waals surface area (Å²) in [7, 11) is 2.07. The highest BCUT2D eigenvalue weighted by molar-refractivity contribution is 5.31. The van der Waals surface area contributed by atoms with Crippen molar-refractivity contribution in [3.05, 3.63) is 65.8 Å². The predicted molar refractivity (Wildman–Crippen MR) is 95.9 cm³/mol. The third kappa shape index (κ3) is 4.76. The average molecular weight is 341 g/mol. The molecule has 3 rings (SSSR count). The van der Waals surface area contributed by atoms with Gasteiger partial charge >= 0.3 is 0 Å². The fraction of sp³-hybridized carbons (Fsp3) is 0.368. The van der Waals surface area contributed by atoms with Crippen molar-refractivity contribution in [2.45, 2.75) is 39.3 Å². The van der Waals surface area contributed by atoms with E-state index in [1.54, 1.807) is 16.8 Å². The molecule has 1 aromatic carbocycles. The number of halogens is 1. The van der Waals surface area contributed by atoms with Gasteiger partial charge in [0, 0.05) is 43.2 Å². The number of unbranched alkanes of at least 4 members (excludes halogenated alkanes) is 1. The summed E-state index contributed by atoms with van der Waals surface area (Å²) in [5.41, 5.74) is 3.08. The molecule has 0 radical (unpaired) electrons. The number of aromatic amines is 1. The molecule has 3 aromatic rings. The third-order valence-electron chi connectivity index (χ3n) is 4.07. The minimum absolute atomic E-state index is 0.242. The zero-order valence-corrected chi connectivity index (χ0v) is 14.7. The van der Waals surface area contributed by atoms with E-state index in [4.69, 9.17) is 0 Å². The average Bonchev–Trinajstić information content (AvgIpc) is 3.23. The lowest BCUT2D eigenvalue weighted by molar-refractivity contribution is 0.315. The molecule has 132 valence electrons. The molecule has 2 heterocycles. The lowest BCUT2D eigenvalue weighted by Crippen LogP contribution is -2.17. The topological polar surface area (TPSA) is 49.7 Å². The van der Waals surface area contributed by atoms with Crippen molar-refractivity contribution in [1.29, 1.82) is 0 Å². The Morgan fingerprint density at radius 1 is 1.16 bits per heavy atom. The van der Waals surface area contributed by atoms with Crippen LogP contribution in [-0.2, 0) is 19.5 Å². The molecule has 25 heavy (non-hydrogen) atoms. The van der Waals surface area contributed by atoms with Crippen LogP contribution in [0.15, 0.2) is 42.9 Å². The number of aromatic nitrogens is 4. The van der Waals surface area contributed by atoms with Gasteiger partial charge in [-0.15, -0.1) is 0 Å². The summed E-state index contributed by atoms with van der Waals surface area (Å²) < 4.78 is 14.8. The zero-order chi connectivity index (χ0) is 17.6. The second-order valence-electron chi connectivity index (χ2n) is 6.40. The second kappa shape index (κ2) is 8.07. The first-order chi connectivity index (χ1) is 12.1. The molecule has 0 amide bonds. The van der Waals surface area contributed by atoms with Crippen LogP contribution in [0.25, 0.3) is 5.69 Å². The Balaban J connectivity index is 1.57. The molecule has 2 aromatic heterocycles. The SMILES string of the molecule is CCCCc1ncc(CN(C)Cc2cnn(-c3ccc(F)cc3)c2)[nH]1. The molecule has 0 unspecified atom stereocenters. The van der Waals surface area contributed by atoms with E-state index in [9.17, 15) is 4.39 Å². The van der Waals surface area contributed by atoms with E-state index >= 15 is 0 Å². The molecule has 0 bridgehead atoms. The molecule has 5 nitrogen and oxygen atoms in total. The van der Waals surface area contributed by atoms with Gasteiger partial charge in [0.15, 0.2) is 0 Å². The van der Waals surface area contributed by atoms with Gasteiger partial charge in [0.2, 0.25) is 0 Å². The van der Waals surface area contributed by atoms with E-state index in [-0.39, 0.29) is 5.82 Å². The monoisotopic (exact) mass is 341 g/mol. The van der Waals surface area contributed by atoms with Crippen molar-refractivity contribution >= 4 is 0 Å². The quantitative estimate of drug-likeness (QED) is 0.679. The molecule has 0 aliphatic heterocycles. The summed E-state index contributed by atoms with van der Waals surface area (Å²) in [6.07, 6.45) is 9.08. The Morgan fingerprint density at radius 3 is 2.72 bits per heavy atom. The summed E-state index contributed by atoms with van der Waals surface area (Å²) in [5, 5.41) is 4.36. The Bertz CT molecular complexity index is 790. The van der Waals surface area contributed by atoms with E-state index in [0.717, 1.165) is 48.7 Å². The molecule has 1 N–H and O–H groups in total. The smallest absolute Gasteiger partial charge is 0.123 e. The van der Waals surface area contributed by atoms with Gasteiger partial charge in [-0.1, -0.05) is 13.3 Å². The molecule has 0 fully saturated rings. The number of benzene rings is 1. The normalized spacial score (nSPS) is 11.4. The lowest BCUT2D eigenvalue weighted by Gasteiger charge is -2.14. The Labute approximate surface area is 147 Å². The molecule has 6 heteroatoms. The number of nitrogens with zero attached hydrogens (tertiary/aromatic N) is 4. The van der Waals surface area contributed by atoms with Gasteiger partial charge in [-0.2, -0.15) is 5.10 Å². The van der Waals surface area contributed by atoms with Crippen molar-refractivity contribution < 1.29 is 4.39 Å². The highest BCUT2D eigenvalue weighted by Gasteiger charge is 2.07.